The standard InChI is InChI=1S/C13H28N2O2/c1-6-16-13(17-7-2)10-15-8-11(3)12(9-15)14(4)5/h11-13H,6-10H2,1-5H3. The highest BCUT2D eigenvalue weighted by Crippen LogP contribution is 2.20. The summed E-state index contributed by atoms with van der Waals surface area (Å²) in [5.74, 6) is 0.717. The monoisotopic (exact) mass is 244 g/mol. The summed E-state index contributed by atoms with van der Waals surface area (Å²) in [6.07, 6.45) is -0.0712. The molecule has 4 nitrogen and oxygen atoms in total. The quantitative estimate of drug-likeness (QED) is 0.630. The van der Waals surface area contributed by atoms with E-state index in [0.717, 1.165) is 19.6 Å². The van der Waals surface area contributed by atoms with Crippen molar-refractivity contribution in [1.82, 2.24) is 9.80 Å². The number of likely N-dealkylation sites (tertiary alicyclic amines) is 1. The summed E-state index contributed by atoms with van der Waals surface area (Å²) in [4.78, 5) is 4.77. The molecule has 1 aliphatic rings. The number of nitrogens with zero attached hydrogens (tertiary/aromatic N) is 2. The van der Waals surface area contributed by atoms with Crippen LogP contribution in [0.5, 0.6) is 0 Å². The van der Waals surface area contributed by atoms with Crippen LogP contribution in [0.2, 0.25) is 0 Å². The van der Waals surface area contributed by atoms with Crippen molar-refractivity contribution in [1.29, 1.82) is 0 Å². The van der Waals surface area contributed by atoms with E-state index in [9.17, 15) is 0 Å². The SMILES string of the molecule is CCOC(CN1CC(C)C(N(C)C)C1)OCC. The van der Waals surface area contributed by atoms with Crippen LogP contribution in [0.1, 0.15) is 20.8 Å². The number of rotatable bonds is 7. The molecule has 0 spiro atoms. The third kappa shape index (κ3) is 4.54. The molecule has 0 N–H and O–H groups in total. The summed E-state index contributed by atoms with van der Waals surface area (Å²) < 4.78 is 11.2. The third-order valence-corrected chi connectivity index (χ3v) is 3.42. The number of likely N-dealkylation sites (N-methyl/N-ethyl adjacent to an activating group) is 1. The molecule has 0 radical (unpaired) electrons. The second-order valence-electron chi connectivity index (χ2n) is 5.07. The van der Waals surface area contributed by atoms with Gasteiger partial charge in [-0.1, -0.05) is 6.92 Å². The zero-order chi connectivity index (χ0) is 12.8. The van der Waals surface area contributed by atoms with Crippen LogP contribution in [-0.4, -0.2) is 69.1 Å². The molecule has 0 aromatic carbocycles. The predicted octanol–water partition coefficient (Wildman–Crippen LogP) is 1.27. The summed E-state index contributed by atoms with van der Waals surface area (Å²) in [7, 11) is 4.32. The summed E-state index contributed by atoms with van der Waals surface area (Å²) in [5.41, 5.74) is 0. The second-order valence-corrected chi connectivity index (χ2v) is 5.07. The van der Waals surface area contributed by atoms with Crippen LogP contribution in [-0.2, 0) is 9.47 Å². The average Bonchev–Trinajstić information content (AvgIpc) is 2.60. The normalized spacial score (nSPS) is 26.3. The van der Waals surface area contributed by atoms with E-state index >= 15 is 0 Å². The summed E-state index contributed by atoms with van der Waals surface area (Å²) in [6.45, 7) is 10.9. The molecule has 0 aliphatic carbocycles. The Bertz CT molecular complexity index is 206. The van der Waals surface area contributed by atoms with E-state index in [1.54, 1.807) is 0 Å². The van der Waals surface area contributed by atoms with Gasteiger partial charge in [0.25, 0.3) is 0 Å². The Labute approximate surface area is 106 Å². The van der Waals surface area contributed by atoms with Gasteiger partial charge in [0.15, 0.2) is 6.29 Å². The molecule has 1 saturated heterocycles. The fraction of sp³-hybridized carbons (Fsp3) is 1.00. The average molecular weight is 244 g/mol. The van der Waals surface area contributed by atoms with Crippen LogP contribution < -0.4 is 0 Å². The summed E-state index contributed by atoms with van der Waals surface area (Å²) in [6, 6.07) is 0.652. The maximum absolute atomic E-state index is 5.60. The first kappa shape index (κ1) is 14.9. The van der Waals surface area contributed by atoms with Crippen LogP contribution in [0, 0.1) is 5.92 Å². The molecular formula is C13H28N2O2. The van der Waals surface area contributed by atoms with Crippen molar-refractivity contribution in [2.75, 3.05) is 46.9 Å². The highest BCUT2D eigenvalue weighted by Gasteiger charge is 2.32. The van der Waals surface area contributed by atoms with E-state index in [2.05, 4.69) is 30.8 Å². The van der Waals surface area contributed by atoms with Gasteiger partial charge in [-0.2, -0.15) is 0 Å². The number of ether oxygens (including phenoxy) is 2. The van der Waals surface area contributed by atoms with E-state index in [1.807, 2.05) is 13.8 Å². The maximum atomic E-state index is 5.60. The molecule has 4 heteroatoms. The smallest absolute Gasteiger partial charge is 0.170 e. The lowest BCUT2D eigenvalue weighted by molar-refractivity contribution is -0.145. The highest BCUT2D eigenvalue weighted by molar-refractivity contribution is 4.86. The molecule has 1 aliphatic heterocycles. The van der Waals surface area contributed by atoms with Crippen molar-refractivity contribution < 1.29 is 9.47 Å². The summed E-state index contributed by atoms with van der Waals surface area (Å²) in [5, 5.41) is 0. The van der Waals surface area contributed by atoms with Crippen molar-refractivity contribution in [3.05, 3.63) is 0 Å². The van der Waals surface area contributed by atoms with Crippen molar-refractivity contribution >= 4 is 0 Å². The Morgan fingerprint density at radius 2 is 1.76 bits per heavy atom. The largest absolute Gasteiger partial charge is 0.352 e. The molecule has 0 saturated carbocycles. The first-order valence-corrected chi connectivity index (χ1v) is 6.70. The molecular weight excluding hydrogens is 216 g/mol. The lowest BCUT2D eigenvalue weighted by Gasteiger charge is -2.24. The Kier molecular flexibility index (Phi) is 6.41. The first-order chi connectivity index (χ1) is 8.08. The van der Waals surface area contributed by atoms with Gasteiger partial charge in [0.1, 0.15) is 0 Å². The molecule has 102 valence electrons. The number of hydrogen-bond donors (Lipinski definition) is 0. The highest BCUT2D eigenvalue weighted by atomic mass is 16.7. The van der Waals surface area contributed by atoms with Crippen molar-refractivity contribution in [2.45, 2.75) is 33.1 Å². The number of hydrogen-bond acceptors (Lipinski definition) is 4. The molecule has 17 heavy (non-hydrogen) atoms. The third-order valence-electron chi connectivity index (χ3n) is 3.42. The van der Waals surface area contributed by atoms with Gasteiger partial charge in [-0.25, -0.2) is 0 Å². The van der Waals surface area contributed by atoms with Crippen LogP contribution in [0.25, 0.3) is 0 Å². The van der Waals surface area contributed by atoms with Crippen LogP contribution in [0.4, 0.5) is 0 Å². The minimum Gasteiger partial charge on any atom is -0.352 e. The Hall–Kier alpha value is -0.160. The molecule has 0 amide bonds. The van der Waals surface area contributed by atoms with Gasteiger partial charge in [-0.3, -0.25) is 4.90 Å². The van der Waals surface area contributed by atoms with Gasteiger partial charge in [-0.05, 0) is 33.9 Å². The fourth-order valence-corrected chi connectivity index (χ4v) is 2.61. The van der Waals surface area contributed by atoms with Crippen molar-refractivity contribution in [3.63, 3.8) is 0 Å². The van der Waals surface area contributed by atoms with Crippen molar-refractivity contribution in [3.8, 4) is 0 Å². The molecule has 2 unspecified atom stereocenters. The molecule has 0 aromatic rings. The fourth-order valence-electron chi connectivity index (χ4n) is 2.61. The molecule has 0 aromatic heterocycles. The lowest BCUT2D eigenvalue weighted by atomic mass is 10.1. The Morgan fingerprint density at radius 3 is 2.18 bits per heavy atom. The zero-order valence-electron chi connectivity index (χ0n) is 12.0. The second kappa shape index (κ2) is 7.31. The van der Waals surface area contributed by atoms with Gasteiger partial charge in [-0.15, -0.1) is 0 Å². The minimum atomic E-state index is -0.0712. The van der Waals surface area contributed by atoms with Crippen molar-refractivity contribution in [2.24, 2.45) is 5.92 Å². The van der Waals surface area contributed by atoms with Crippen LogP contribution >= 0.6 is 0 Å². The molecule has 0 bridgehead atoms. The topological polar surface area (TPSA) is 24.9 Å². The zero-order valence-corrected chi connectivity index (χ0v) is 12.0. The molecule has 1 heterocycles. The van der Waals surface area contributed by atoms with Crippen LogP contribution in [0.3, 0.4) is 0 Å². The Morgan fingerprint density at radius 1 is 1.18 bits per heavy atom. The lowest BCUT2D eigenvalue weighted by Crippen LogP contribution is -2.37. The van der Waals surface area contributed by atoms with Crippen LogP contribution in [0.15, 0.2) is 0 Å². The minimum absolute atomic E-state index is 0.0712. The van der Waals surface area contributed by atoms with Gasteiger partial charge >= 0.3 is 0 Å². The van der Waals surface area contributed by atoms with Gasteiger partial charge in [0.2, 0.25) is 0 Å². The van der Waals surface area contributed by atoms with E-state index < -0.39 is 0 Å². The Balaban J connectivity index is 2.41. The maximum Gasteiger partial charge on any atom is 0.170 e. The molecule has 1 fully saturated rings. The molecule has 2 atom stereocenters. The van der Waals surface area contributed by atoms with Gasteiger partial charge in [0.05, 0.1) is 0 Å². The van der Waals surface area contributed by atoms with Gasteiger partial charge in [0, 0.05) is 38.9 Å². The first-order valence-electron chi connectivity index (χ1n) is 6.70. The van der Waals surface area contributed by atoms with E-state index in [0.29, 0.717) is 25.2 Å². The van der Waals surface area contributed by atoms with E-state index in [-0.39, 0.29) is 6.29 Å². The molecule has 1 rings (SSSR count). The predicted molar refractivity (Wildman–Crippen MR) is 70.1 cm³/mol. The van der Waals surface area contributed by atoms with E-state index in [1.165, 1.54) is 0 Å². The van der Waals surface area contributed by atoms with Gasteiger partial charge < -0.3 is 14.4 Å². The summed E-state index contributed by atoms with van der Waals surface area (Å²) >= 11 is 0. The van der Waals surface area contributed by atoms with E-state index in [4.69, 9.17) is 9.47 Å².